The molecular weight excluding hydrogens is 344 g/mol. The molecule has 138 valence electrons. The maximum atomic E-state index is 11.3. The average molecular weight is 373 g/mol. The lowest BCUT2D eigenvalue weighted by atomic mass is 9.99. The molecule has 0 radical (unpaired) electrons. The Hall–Kier alpha value is -0.0731. The maximum absolute atomic E-state index is 11.3. The van der Waals surface area contributed by atoms with Crippen molar-refractivity contribution in [2.24, 2.45) is 0 Å². The Balaban J connectivity index is 2.84. The first-order valence-corrected chi connectivity index (χ1v) is 12.1. The molecule has 0 unspecified atom stereocenters. The second kappa shape index (κ2) is 7.04. The minimum atomic E-state index is -3.92. The Morgan fingerprint density at radius 1 is 1.13 bits per heavy atom. The van der Waals surface area contributed by atoms with Crippen LogP contribution in [0.15, 0.2) is 0 Å². The first-order valence-electron chi connectivity index (χ1n) is 7.37. The van der Waals surface area contributed by atoms with Gasteiger partial charge in [0.1, 0.15) is 24.4 Å². The van der Waals surface area contributed by atoms with E-state index in [0.717, 1.165) is 6.26 Å². The summed E-state index contributed by atoms with van der Waals surface area (Å²) in [4.78, 5) is 0. The van der Waals surface area contributed by atoms with Gasteiger partial charge in [-0.2, -0.15) is 8.42 Å². The van der Waals surface area contributed by atoms with E-state index in [1.165, 1.54) is 0 Å². The zero-order valence-corrected chi connectivity index (χ0v) is 16.2. The summed E-state index contributed by atoms with van der Waals surface area (Å²) in [6.07, 6.45) is -6.51. The van der Waals surface area contributed by atoms with Gasteiger partial charge in [-0.15, -0.1) is 0 Å². The van der Waals surface area contributed by atoms with Crippen LogP contribution in [0.5, 0.6) is 0 Å². The second-order valence-electron chi connectivity index (χ2n) is 7.38. The van der Waals surface area contributed by atoms with Crippen molar-refractivity contribution >= 4 is 18.4 Å². The number of ether oxygens (including phenoxy) is 1. The van der Waals surface area contributed by atoms with E-state index in [-0.39, 0.29) is 11.6 Å². The first-order chi connectivity index (χ1) is 10.2. The van der Waals surface area contributed by atoms with Crippen molar-refractivity contribution in [1.29, 1.82) is 0 Å². The van der Waals surface area contributed by atoms with Crippen LogP contribution in [0.2, 0.25) is 18.1 Å². The van der Waals surface area contributed by atoms with Crippen LogP contribution >= 0.6 is 0 Å². The van der Waals surface area contributed by atoms with Gasteiger partial charge in [-0.25, -0.2) is 0 Å². The van der Waals surface area contributed by atoms with Gasteiger partial charge in [-0.1, -0.05) is 20.8 Å². The van der Waals surface area contributed by atoms with Crippen molar-refractivity contribution in [3.05, 3.63) is 0 Å². The maximum Gasteiger partial charge on any atom is 0.264 e. The molecule has 0 aromatic carbocycles. The minimum absolute atomic E-state index is 0.0366. The molecule has 0 aromatic heterocycles. The van der Waals surface area contributed by atoms with Crippen LogP contribution in [-0.2, 0) is 23.5 Å². The summed E-state index contributed by atoms with van der Waals surface area (Å²) in [6.45, 7) is 10.1. The van der Waals surface area contributed by atoms with E-state index in [1.54, 1.807) is 0 Å². The third-order valence-electron chi connectivity index (χ3n) is 4.36. The monoisotopic (exact) mass is 372 g/mol. The van der Waals surface area contributed by atoms with Gasteiger partial charge in [0, 0.05) is 0 Å². The summed E-state index contributed by atoms with van der Waals surface area (Å²) in [5.74, 6) is 0. The van der Waals surface area contributed by atoms with Crippen molar-refractivity contribution < 1.29 is 37.1 Å². The highest BCUT2D eigenvalue weighted by Crippen LogP contribution is 2.37. The number of rotatable bonds is 5. The van der Waals surface area contributed by atoms with Crippen molar-refractivity contribution in [3.63, 3.8) is 0 Å². The molecule has 0 amide bonds. The van der Waals surface area contributed by atoms with Gasteiger partial charge in [0.2, 0.25) is 0 Å². The Kier molecular flexibility index (Phi) is 6.42. The van der Waals surface area contributed by atoms with Gasteiger partial charge in [0.25, 0.3) is 10.1 Å². The molecule has 1 saturated heterocycles. The molecule has 0 saturated carbocycles. The molecule has 1 aliphatic heterocycles. The first kappa shape index (κ1) is 21.0. The molecule has 23 heavy (non-hydrogen) atoms. The Labute approximate surface area is 138 Å². The van der Waals surface area contributed by atoms with Crippen LogP contribution in [-0.4, -0.2) is 75.6 Å². The molecule has 0 bridgehead atoms. The van der Waals surface area contributed by atoms with Gasteiger partial charge < -0.3 is 24.5 Å². The van der Waals surface area contributed by atoms with E-state index in [4.69, 9.17) is 13.3 Å². The summed E-state index contributed by atoms with van der Waals surface area (Å²) >= 11 is 0. The van der Waals surface area contributed by atoms with E-state index in [0.29, 0.717) is 0 Å². The van der Waals surface area contributed by atoms with Gasteiger partial charge in [0.15, 0.2) is 14.6 Å². The quantitative estimate of drug-likeness (QED) is 0.448. The van der Waals surface area contributed by atoms with Crippen LogP contribution in [0.3, 0.4) is 0 Å². The molecule has 0 aliphatic carbocycles. The molecule has 8 nitrogen and oxygen atoms in total. The average Bonchev–Trinajstić information content (AvgIpc) is 2.35. The molecule has 0 aromatic rings. The molecule has 1 rings (SSSR count). The highest BCUT2D eigenvalue weighted by atomic mass is 32.2. The largest absolute Gasteiger partial charge is 0.414 e. The standard InChI is InChI=1S/C13H28O8SSi/c1-13(2,3)23(5,6)19-7-8-9(14)11(21-22(4,17)18)10(15)12(16)20-8/h8-12,14-16H,7H2,1-6H3/t8-,9-,10+,11+,12+/m1/s1. The Morgan fingerprint density at radius 3 is 2.09 bits per heavy atom. The highest BCUT2D eigenvalue weighted by Gasteiger charge is 2.47. The van der Waals surface area contributed by atoms with E-state index in [9.17, 15) is 23.7 Å². The summed E-state index contributed by atoms with van der Waals surface area (Å²) in [6, 6.07) is 0. The lowest BCUT2D eigenvalue weighted by Crippen LogP contribution is -2.60. The predicted molar refractivity (Wildman–Crippen MR) is 85.8 cm³/mol. The topological polar surface area (TPSA) is 123 Å². The van der Waals surface area contributed by atoms with Crippen LogP contribution in [0, 0.1) is 0 Å². The van der Waals surface area contributed by atoms with Crippen molar-refractivity contribution in [3.8, 4) is 0 Å². The number of hydrogen-bond donors (Lipinski definition) is 3. The summed E-state index contributed by atoms with van der Waals surface area (Å²) in [5, 5.41) is 29.7. The van der Waals surface area contributed by atoms with Gasteiger partial charge in [0.05, 0.1) is 12.9 Å². The summed E-state index contributed by atoms with van der Waals surface area (Å²) in [5.41, 5.74) is 0. The number of aliphatic hydroxyl groups is 3. The van der Waals surface area contributed by atoms with E-state index >= 15 is 0 Å². The third-order valence-corrected chi connectivity index (χ3v) is 9.43. The lowest BCUT2D eigenvalue weighted by molar-refractivity contribution is -0.280. The van der Waals surface area contributed by atoms with Crippen LogP contribution < -0.4 is 0 Å². The van der Waals surface area contributed by atoms with Crippen molar-refractivity contribution in [2.45, 2.75) is 69.6 Å². The molecule has 5 atom stereocenters. The normalized spacial score (nSPS) is 33.7. The molecule has 1 heterocycles. The third kappa shape index (κ3) is 5.46. The van der Waals surface area contributed by atoms with Crippen molar-refractivity contribution in [2.75, 3.05) is 12.9 Å². The molecule has 0 spiro atoms. The Morgan fingerprint density at radius 2 is 1.65 bits per heavy atom. The van der Waals surface area contributed by atoms with Gasteiger partial charge >= 0.3 is 0 Å². The molecule has 1 fully saturated rings. The molecule has 3 N–H and O–H groups in total. The number of aliphatic hydroxyl groups excluding tert-OH is 3. The molecule has 1 aliphatic rings. The summed E-state index contributed by atoms with van der Waals surface area (Å²) < 4.78 is 38.3. The van der Waals surface area contributed by atoms with Crippen LogP contribution in [0.4, 0.5) is 0 Å². The summed E-state index contributed by atoms with van der Waals surface area (Å²) in [7, 11) is -6.04. The lowest BCUT2D eigenvalue weighted by Gasteiger charge is -2.42. The zero-order valence-electron chi connectivity index (χ0n) is 14.4. The van der Waals surface area contributed by atoms with Gasteiger partial charge in [-0.3, -0.25) is 4.18 Å². The predicted octanol–water partition coefficient (Wildman–Crippen LogP) is -0.208. The van der Waals surface area contributed by atoms with Crippen molar-refractivity contribution in [1.82, 2.24) is 0 Å². The van der Waals surface area contributed by atoms with E-state index in [2.05, 4.69) is 0 Å². The molecular formula is C13H28O8SSi. The van der Waals surface area contributed by atoms with Gasteiger partial charge in [-0.05, 0) is 18.1 Å². The zero-order chi connectivity index (χ0) is 18.2. The number of hydrogen-bond acceptors (Lipinski definition) is 8. The van der Waals surface area contributed by atoms with Crippen LogP contribution in [0.25, 0.3) is 0 Å². The fourth-order valence-electron chi connectivity index (χ4n) is 1.88. The Bertz CT molecular complexity index is 501. The van der Waals surface area contributed by atoms with E-state index < -0.39 is 49.1 Å². The minimum Gasteiger partial charge on any atom is -0.414 e. The second-order valence-corrected chi connectivity index (χ2v) is 13.8. The fourth-order valence-corrected chi connectivity index (χ4v) is 3.52. The SMILES string of the molecule is CC(C)(C)[Si](C)(C)OC[C@H]1O[C@H](O)[C@@H](O)[C@@H](OS(C)(=O)=O)[C@@H]1O. The highest BCUT2D eigenvalue weighted by molar-refractivity contribution is 7.86. The smallest absolute Gasteiger partial charge is 0.264 e. The van der Waals surface area contributed by atoms with E-state index in [1.807, 2.05) is 33.9 Å². The van der Waals surface area contributed by atoms with Crippen LogP contribution in [0.1, 0.15) is 20.8 Å². The molecule has 10 heteroatoms. The fraction of sp³-hybridized carbons (Fsp3) is 1.00.